The molecule has 2 rings (SSSR count). The third-order valence-corrected chi connectivity index (χ3v) is 3.46. The molecule has 0 spiro atoms. The standard InChI is InChI=1S/C15H17BrFNO/c1-2-7-18-15(10-12-4-3-8-19-12)13-6-5-11(16)9-14(13)17/h3-6,8-9,15,18H,2,7,10H2,1H3. The van der Waals surface area contributed by atoms with Gasteiger partial charge in [0, 0.05) is 22.5 Å². The van der Waals surface area contributed by atoms with E-state index in [-0.39, 0.29) is 11.9 Å². The van der Waals surface area contributed by atoms with Gasteiger partial charge in [0.1, 0.15) is 11.6 Å². The Hall–Kier alpha value is -1.13. The van der Waals surface area contributed by atoms with E-state index in [9.17, 15) is 4.39 Å². The van der Waals surface area contributed by atoms with E-state index in [1.54, 1.807) is 6.26 Å². The fourth-order valence-corrected chi connectivity index (χ4v) is 2.36. The zero-order valence-electron chi connectivity index (χ0n) is 10.8. The second-order valence-corrected chi connectivity index (χ2v) is 5.37. The van der Waals surface area contributed by atoms with E-state index in [4.69, 9.17) is 4.42 Å². The maximum Gasteiger partial charge on any atom is 0.129 e. The summed E-state index contributed by atoms with van der Waals surface area (Å²) in [5, 5.41) is 3.37. The van der Waals surface area contributed by atoms with Crippen LogP contribution in [0.2, 0.25) is 0 Å². The Labute approximate surface area is 121 Å². The van der Waals surface area contributed by atoms with Crippen molar-refractivity contribution in [1.29, 1.82) is 0 Å². The molecule has 2 aromatic rings. The molecule has 1 aromatic heterocycles. The first kappa shape index (κ1) is 14.3. The van der Waals surface area contributed by atoms with E-state index in [0.717, 1.165) is 23.2 Å². The molecule has 0 aliphatic carbocycles. The van der Waals surface area contributed by atoms with Gasteiger partial charge in [-0.3, -0.25) is 0 Å². The molecule has 0 aliphatic rings. The van der Waals surface area contributed by atoms with Gasteiger partial charge in [-0.1, -0.05) is 28.9 Å². The lowest BCUT2D eigenvalue weighted by atomic mass is 10.0. The summed E-state index contributed by atoms with van der Waals surface area (Å²) in [6, 6.07) is 8.87. The molecule has 0 fully saturated rings. The van der Waals surface area contributed by atoms with Gasteiger partial charge in [-0.25, -0.2) is 4.39 Å². The molecule has 0 radical (unpaired) electrons. The van der Waals surface area contributed by atoms with E-state index in [0.29, 0.717) is 12.0 Å². The highest BCUT2D eigenvalue weighted by atomic mass is 79.9. The van der Waals surface area contributed by atoms with Crippen molar-refractivity contribution in [2.75, 3.05) is 6.54 Å². The largest absolute Gasteiger partial charge is 0.469 e. The normalized spacial score (nSPS) is 12.6. The first-order valence-electron chi connectivity index (χ1n) is 6.41. The molecule has 1 N–H and O–H groups in total. The number of halogens is 2. The molecule has 0 aliphatic heterocycles. The highest BCUT2D eigenvalue weighted by Crippen LogP contribution is 2.24. The Kier molecular flexibility index (Phi) is 5.16. The number of furan rings is 1. The van der Waals surface area contributed by atoms with Crippen LogP contribution in [0.4, 0.5) is 4.39 Å². The van der Waals surface area contributed by atoms with Crippen molar-refractivity contribution in [2.24, 2.45) is 0 Å². The van der Waals surface area contributed by atoms with Crippen LogP contribution in [0, 0.1) is 5.82 Å². The van der Waals surface area contributed by atoms with Gasteiger partial charge in [0.2, 0.25) is 0 Å². The van der Waals surface area contributed by atoms with Crippen LogP contribution in [0.3, 0.4) is 0 Å². The Balaban J connectivity index is 2.20. The zero-order chi connectivity index (χ0) is 13.7. The third kappa shape index (κ3) is 3.91. The first-order valence-corrected chi connectivity index (χ1v) is 7.20. The monoisotopic (exact) mass is 325 g/mol. The highest BCUT2D eigenvalue weighted by molar-refractivity contribution is 9.10. The third-order valence-electron chi connectivity index (χ3n) is 2.96. The van der Waals surface area contributed by atoms with Crippen molar-refractivity contribution < 1.29 is 8.81 Å². The molecular formula is C15H17BrFNO. The molecule has 0 saturated heterocycles. The van der Waals surface area contributed by atoms with Gasteiger partial charge in [0.25, 0.3) is 0 Å². The van der Waals surface area contributed by atoms with E-state index < -0.39 is 0 Å². The summed E-state index contributed by atoms with van der Waals surface area (Å²) in [6.07, 6.45) is 3.29. The summed E-state index contributed by atoms with van der Waals surface area (Å²) in [6.45, 7) is 2.94. The molecular weight excluding hydrogens is 309 g/mol. The number of hydrogen-bond donors (Lipinski definition) is 1. The minimum absolute atomic E-state index is 0.0702. The van der Waals surface area contributed by atoms with Gasteiger partial charge in [-0.15, -0.1) is 0 Å². The van der Waals surface area contributed by atoms with Crippen molar-refractivity contribution in [1.82, 2.24) is 5.32 Å². The fraction of sp³-hybridized carbons (Fsp3) is 0.333. The first-order chi connectivity index (χ1) is 9.20. The second kappa shape index (κ2) is 6.87. The van der Waals surface area contributed by atoms with Crippen molar-refractivity contribution in [3.8, 4) is 0 Å². The molecule has 19 heavy (non-hydrogen) atoms. The van der Waals surface area contributed by atoms with Gasteiger partial charge in [0.15, 0.2) is 0 Å². The Morgan fingerprint density at radius 2 is 2.21 bits per heavy atom. The van der Waals surface area contributed by atoms with Gasteiger partial charge < -0.3 is 9.73 Å². The molecule has 0 bridgehead atoms. The Bertz CT molecular complexity index is 513. The molecule has 1 unspecified atom stereocenters. The smallest absolute Gasteiger partial charge is 0.129 e. The fourth-order valence-electron chi connectivity index (χ4n) is 2.02. The van der Waals surface area contributed by atoms with Gasteiger partial charge in [0.05, 0.1) is 6.26 Å². The van der Waals surface area contributed by atoms with Crippen molar-refractivity contribution in [2.45, 2.75) is 25.8 Å². The summed E-state index contributed by atoms with van der Waals surface area (Å²) < 4.78 is 20.2. The SMILES string of the molecule is CCCNC(Cc1ccco1)c1ccc(Br)cc1F. The number of hydrogen-bond acceptors (Lipinski definition) is 2. The predicted octanol–water partition coefficient (Wildman–Crippen LogP) is 4.46. The van der Waals surface area contributed by atoms with E-state index in [1.165, 1.54) is 6.07 Å². The maximum atomic E-state index is 14.1. The van der Waals surface area contributed by atoms with Gasteiger partial charge in [-0.05, 0) is 37.2 Å². The van der Waals surface area contributed by atoms with Crippen LogP contribution in [0.1, 0.15) is 30.7 Å². The molecule has 0 amide bonds. The summed E-state index contributed by atoms with van der Waals surface area (Å²) in [7, 11) is 0. The van der Waals surface area contributed by atoms with Crippen LogP contribution in [0.25, 0.3) is 0 Å². The zero-order valence-corrected chi connectivity index (χ0v) is 12.4. The van der Waals surface area contributed by atoms with Crippen molar-refractivity contribution >= 4 is 15.9 Å². The lowest BCUT2D eigenvalue weighted by Crippen LogP contribution is -2.24. The van der Waals surface area contributed by atoms with Crippen LogP contribution in [0.5, 0.6) is 0 Å². The van der Waals surface area contributed by atoms with E-state index >= 15 is 0 Å². The molecule has 2 nitrogen and oxygen atoms in total. The van der Waals surface area contributed by atoms with Crippen molar-refractivity contribution in [3.05, 3.63) is 58.2 Å². The topological polar surface area (TPSA) is 25.2 Å². The summed E-state index contributed by atoms with van der Waals surface area (Å²) in [5.74, 6) is 0.658. The van der Waals surface area contributed by atoms with E-state index in [2.05, 4.69) is 28.2 Å². The maximum absolute atomic E-state index is 14.1. The highest BCUT2D eigenvalue weighted by Gasteiger charge is 2.17. The molecule has 1 atom stereocenters. The van der Waals surface area contributed by atoms with Crippen LogP contribution < -0.4 is 5.32 Å². The molecule has 0 saturated carbocycles. The average molecular weight is 326 g/mol. The summed E-state index contributed by atoms with van der Waals surface area (Å²) >= 11 is 3.28. The summed E-state index contributed by atoms with van der Waals surface area (Å²) in [4.78, 5) is 0. The minimum atomic E-state index is -0.200. The second-order valence-electron chi connectivity index (χ2n) is 4.46. The summed E-state index contributed by atoms with van der Waals surface area (Å²) in [5.41, 5.74) is 0.674. The van der Waals surface area contributed by atoms with Crippen LogP contribution in [0.15, 0.2) is 45.5 Å². The molecule has 102 valence electrons. The number of rotatable bonds is 6. The average Bonchev–Trinajstić information content (AvgIpc) is 2.88. The van der Waals surface area contributed by atoms with Gasteiger partial charge >= 0.3 is 0 Å². The quantitative estimate of drug-likeness (QED) is 0.847. The van der Waals surface area contributed by atoms with Crippen LogP contribution in [-0.4, -0.2) is 6.54 Å². The van der Waals surface area contributed by atoms with Gasteiger partial charge in [-0.2, -0.15) is 0 Å². The Morgan fingerprint density at radius 1 is 1.37 bits per heavy atom. The lowest BCUT2D eigenvalue weighted by Gasteiger charge is -2.18. The van der Waals surface area contributed by atoms with Crippen LogP contribution >= 0.6 is 15.9 Å². The minimum Gasteiger partial charge on any atom is -0.469 e. The molecule has 1 aromatic carbocycles. The lowest BCUT2D eigenvalue weighted by molar-refractivity contribution is 0.438. The molecule has 4 heteroatoms. The Morgan fingerprint density at radius 3 is 2.84 bits per heavy atom. The number of benzene rings is 1. The number of nitrogens with one attached hydrogen (secondary N) is 1. The molecule has 1 heterocycles. The predicted molar refractivity (Wildman–Crippen MR) is 77.5 cm³/mol. The van der Waals surface area contributed by atoms with Crippen molar-refractivity contribution in [3.63, 3.8) is 0 Å². The van der Waals surface area contributed by atoms with E-state index in [1.807, 2.05) is 24.3 Å². The van der Waals surface area contributed by atoms with Crippen LogP contribution in [-0.2, 0) is 6.42 Å².